The van der Waals surface area contributed by atoms with Crippen LogP contribution in [0.3, 0.4) is 0 Å². The highest BCUT2D eigenvalue weighted by atomic mass is 15.2. The molecule has 0 aromatic rings. The van der Waals surface area contributed by atoms with Crippen LogP contribution < -0.4 is 5.32 Å². The average Bonchev–Trinajstić information content (AvgIpc) is 2.84. The van der Waals surface area contributed by atoms with Crippen LogP contribution >= 0.6 is 0 Å². The first-order valence-corrected chi connectivity index (χ1v) is 6.75. The standard InChI is InChI=1S/C13H27N3/c1-15(2)13(9-12-5-4-7-14-12)11-6-8-16(3)10-11/h11-14H,4-10H2,1-3H3. The van der Waals surface area contributed by atoms with Crippen molar-refractivity contribution in [1.82, 2.24) is 15.1 Å². The van der Waals surface area contributed by atoms with E-state index in [-0.39, 0.29) is 0 Å². The number of nitrogens with zero attached hydrogens (tertiary/aromatic N) is 2. The van der Waals surface area contributed by atoms with Crippen molar-refractivity contribution in [3.63, 3.8) is 0 Å². The average molecular weight is 225 g/mol. The lowest BCUT2D eigenvalue weighted by Gasteiger charge is -2.32. The number of hydrogen-bond acceptors (Lipinski definition) is 3. The van der Waals surface area contributed by atoms with E-state index in [0.29, 0.717) is 0 Å². The molecule has 0 aliphatic carbocycles. The third-order valence-electron chi connectivity index (χ3n) is 4.32. The number of hydrogen-bond donors (Lipinski definition) is 1. The van der Waals surface area contributed by atoms with E-state index in [4.69, 9.17) is 0 Å². The lowest BCUT2D eigenvalue weighted by atomic mass is 9.91. The third-order valence-corrected chi connectivity index (χ3v) is 4.32. The Bertz CT molecular complexity index is 211. The van der Waals surface area contributed by atoms with Gasteiger partial charge in [0.05, 0.1) is 0 Å². The summed E-state index contributed by atoms with van der Waals surface area (Å²) in [4.78, 5) is 4.92. The molecule has 3 nitrogen and oxygen atoms in total. The zero-order valence-electron chi connectivity index (χ0n) is 11.1. The number of likely N-dealkylation sites (tertiary alicyclic amines) is 1. The maximum absolute atomic E-state index is 3.64. The Kier molecular flexibility index (Phi) is 4.22. The summed E-state index contributed by atoms with van der Waals surface area (Å²) in [5.41, 5.74) is 0. The molecule has 1 N–H and O–H groups in total. The molecule has 2 saturated heterocycles. The zero-order chi connectivity index (χ0) is 11.5. The van der Waals surface area contributed by atoms with Gasteiger partial charge in [-0.2, -0.15) is 0 Å². The Hall–Kier alpha value is -0.120. The van der Waals surface area contributed by atoms with Crippen molar-refractivity contribution < 1.29 is 0 Å². The third kappa shape index (κ3) is 2.96. The van der Waals surface area contributed by atoms with Gasteiger partial charge in [0.1, 0.15) is 0 Å². The molecular weight excluding hydrogens is 198 g/mol. The molecule has 94 valence electrons. The summed E-state index contributed by atoms with van der Waals surface area (Å²) in [5, 5.41) is 3.64. The minimum absolute atomic E-state index is 0.764. The Morgan fingerprint density at radius 3 is 2.69 bits per heavy atom. The molecule has 0 radical (unpaired) electrons. The SMILES string of the molecule is CN1CCC(C(CC2CCCN2)N(C)C)C1. The molecule has 3 unspecified atom stereocenters. The molecule has 0 aromatic carbocycles. The van der Waals surface area contributed by atoms with Crippen LogP contribution in [0.5, 0.6) is 0 Å². The fourth-order valence-corrected chi connectivity index (χ4v) is 3.36. The van der Waals surface area contributed by atoms with E-state index >= 15 is 0 Å². The molecule has 0 spiro atoms. The van der Waals surface area contributed by atoms with Crippen molar-refractivity contribution in [1.29, 1.82) is 0 Å². The first-order chi connectivity index (χ1) is 7.66. The molecular formula is C13H27N3. The molecule has 0 amide bonds. The summed E-state index contributed by atoms with van der Waals surface area (Å²) in [5.74, 6) is 0.877. The van der Waals surface area contributed by atoms with Crippen molar-refractivity contribution in [2.45, 2.75) is 37.8 Å². The summed E-state index contributed by atoms with van der Waals surface area (Å²) in [7, 11) is 6.75. The first-order valence-electron chi connectivity index (χ1n) is 6.75. The molecule has 2 aliphatic rings. The van der Waals surface area contributed by atoms with Gasteiger partial charge in [0.15, 0.2) is 0 Å². The van der Waals surface area contributed by atoms with Crippen LogP contribution in [0.1, 0.15) is 25.7 Å². The van der Waals surface area contributed by atoms with Crippen molar-refractivity contribution in [3.05, 3.63) is 0 Å². The lowest BCUT2D eigenvalue weighted by molar-refractivity contribution is 0.185. The Balaban J connectivity index is 1.88. The number of rotatable bonds is 4. The minimum atomic E-state index is 0.764. The summed E-state index contributed by atoms with van der Waals surface area (Å²) in [6.45, 7) is 3.80. The summed E-state index contributed by atoms with van der Waals surface area (Å²) >= 11 is 0. The second-order valence-corrected chi connectivity index (χ2v) is 5.87. The normalized spacial score (nSPS) is 33.8. The predicted octanol–water partition coefficient (Wildman–Crippen LogP) is 1.01. The van der Waals surface area contributed by atoms with E-state index in [1.54, 1.807) is 0 Å². The lowest BCUT2D eigenvalue weighted by Crippen LogP contribution is -2.41. The van der Waals surface area contributed by atoms with E-state index in [1.165, 1.54) is 45.3 Å². The van der Waals surface area contributed by atoms with Crippen molar-refractivity contribution in [2.75, 3.05) is 40.8 Å². The van der Waals surface area contributed by atoms with Gasteiger partial charge in [-0.05, 0) is 65.8 Å². The molecule has 0 saturated carbocycles. The van der Waals surface area contributed by atoms with Crippen LogP contribution in [0.4, 0.5) is 0 Å². The zero-order valence-corrected chi connectivity index (χ0v) is 11.1. The Labute approximate surface area is 100 Å². The van der Waals surface area contributed by atoms with Crippen molar-refractivity contribution >= 4 is 0 Å². The largest absolute Gasteiger partial charge is 0.314 e. The quantitative estimate of drug-likeness (QED) is 0.770. The second-order valence-electron chi connectivity index (χ2n) is 5.87. The van der Waals surface area contributed by atoms with Crippen LogP contribution in [-0.2, 0) is 0 Å². The highest BCUT2D eigenvalue weighted by Crippen LogP contribution is 2.26. The van der Waals surface area contributed by atoms with E-state index in [2.05, 4.69) is 36.3 Å². The van der Waals surface area contributed by atoms with E-state index in [0.717, 1.165) is 18.0 Å². The fourth-order valence-electron chi connectivity index (χ4n) is 3.36. The Morgan fingerprint density at radius 2 is 2.19 bits per heavy atom. The number of nitrogens with one attached hydrogen (secondary N) is 1. The van der Waals surface area contributed by atoms with E-state index in [9.17, 15) is 0 Å². The summed E-state index contributed by atoms with van der Waals surface area (Å²) < 4.78 is 0. The van der Waals surface area contributed by atoms with Crippen LogP contribution in [0.15, 0.2) is 0 Å². The first kappa shape index (κ1) is 12.3. The van der Waals surface area contributed by atoms with Gasteiger partial charge in [-0.25, -0.2) is 0 Å². The maximum atomic E-state index is 3.64. The maximum Gasteiger partial charge on any atom is 0.0145 e. The predicted molar refractivity (Wildman–Crippen MR) is 68.7 cm³/mol. The second kappa shape index (κ2) is 5.48. The fraction of sp³-hybridized carbons (Fsp3) is 1.00. The highest BCUT2D eigenvalue weighted by Gasteiger charge is 2.31. The Morgan fingerprint density at radius 1 is 1.38 bits per heavy atom. The molecule has 0 aromatic heterocycles. The van der Waals surface area contributed by atoms with Crippen LogP contribution in [-0.4, -0.2) is 62.7 Å². The summed E-state index contributed by atoms with van der Waals surface area (Å²) in [6, 6.07) is 1.54. The molecule has 3 atom stereocenters. The molecule has 2 heterocycles. The molecule has 2 rings (SSSR count). The van der Waals surface area contributed by atoms with Gasteiger partial charge >= 0.3 is 0 Å². The van der Waals surface area contributed by atoms with Crippen LogP contribution in [0.25, 0.3) is 0 Å². The molecule has 2 aliphatic heterocycles. The van der Waals surface area contributed by atoms with Gasteiger partial charge in [-0.15, -0.1) is 0 Å². The molecule has 0 bridgehead atoms. The van der Waals surface area contributed by atoms with Gasteiger partial charge in [0.25, 0.3) is 0 Å². The molecule has 3 heteroatoms. The van der Waals surface area contributed by atoms with Gasteiger partial charge in [-0.1, -0.05) is 0 Å². The van der Waals surface area contributed by atoms with Gasteiger partial charge in [0.2, 0.25) is 0 Å². The van der Waals surface area contributed by atoms with Gasteiger partial charge in [-0.3, -0.25) is 0 Å². The van der Waals surface area contributed by atoms with Crippen LogP contribution in [0, 0.1) is 5.92 Å². The molecule has 2 fully saturated rings. The van der Waals surface area contributed by atoms with E-state index in [1.807, 2.05) is 0 Å². The topological polar surface area (TPSA) is 18.5 Å². The van der Waals surface area contributed by atoms with Crippen LogP contribution in [0.2, 0.25) is 0 Å². The van der Waals surface area contributed by atoms with Crippen molar-refractivity contribution in [2.24, 2.45) is 5.92 Å². The van der Waals surface area contributed by atoms with E-state index < -0.39 is 0 Å². The van der Waals surface area contributed by atoms with Gasteiger partial charge in [0, 0.05) is 18.6 Å². The monoisotopic (exact) mass is 225 g/mol. The summed E-state index contributed by atoms with van der Waals surface area (Å²) in [6.07, 6.45) is 5.47. The molecule has 16 heavy (non-hydrogen) atoms. The van der Waals surface area contributed by atoms with Crippen molar-refractivity contribution in [3.8, 4) is 0 Å². The smallest absolute Gasteiger partial charge is 0.0145 e. The van der Waals surface area contributed by atoms with Gasteiger partial charge < -0.3 is 15.1 Å². The minimum Gasteiger partial charge on any atom is -0.314 e. The highest BCUT2D eigenvalue weighted by molar-refractivity contribution is 4.88.